The van der Waals surface area contributed by atoms with Gasteiger partial charge in [0.2, 0.25) is 17.7 Å². The van der Waals surface area contributed by atoms with E-state index in [0.29, 0.717) is 31.5 Å². The number of hydrogen-bond donors (Lipinski definition) is 4. The van der Waals surface area contributed by atoms with Gasteiger partial charge in [-0.05, 0) is 73.3 Å². The quantitative estimate of drug-likeness (QED) is 0.446. The van der Waals surface area contributed by atoms with Crippen LogP contribution in [0.4, 0.5) is 4.39 Å². The Hall–Kier alpha value is -3.50. The van der Waals surface area contributed by atoms with Crippen molar-refractivity contribution in [3.8, 4) is 5.75 Å². The maximum Gasteiger partial charge on any atom is 0.245 e. The van der Waals surface area contributed by atoms with Gasteiger partial charge in [0.05, 0.1) is 12.6 Å². The third-order valence-corrected chi connectivity index (χ3v) is 8.32. The van der Waals surface area contributed by atoms with Gasteiger partial charge in [0.25, 0.3) is 0 Å². The molecule has 2 aliphatic heterocycles. The minimum Gasteiger partial charge on any atom is -0.489 e. The number of aliphatic hydroxyl groups is 1. The van der Waals surface area contributed by atoms with E-state index in [0.717, 1.165) is 37.0 Å². The Labute approximate surface area is 239 Å². The van der Waals surface area contributed by atoms with E-state index in [-0.39, 0.29) is 24.3 Å². The summed E-state index contributed by atoms with van der Waals surface area (Å²) in [6, 6.07) is 9.25. The third kappa shape index (κ3) is 7.05. The number of carbonyl (C=O) groups excluding carboxylic acids is 3. The van der Waals surface area contributed by atoms with Crippen molar-refractivity contribution < 1.29 is 28.6 Å². The van der Waals surface area contributed by atoms with E-state index in [1.807, 2.05) is 12.1 Å². The van der Waals surface area contributed by atoms with Crippen LogP contribution in [0.1, 0.15) is 42.4 Å². The number of ether oxygens (including phenoxy) is 1. The molecule has 0 spiro atoms. The molecule has 2 bridgehead atoms. The SMILES string of the molecule is CN1C(=O)[C@@H](C2CC2)NCC2CCc3cccc(c3O2)CCCNC(=O)[C@H](Cc2ccc(F)cc2)NC(=O)[C@H]1CO. The molecule has 1 unspecified atom stereocenters. The summed E-state index contributed by atoms with van der Waals surface area (Å²) in [6.07, 6.45) is 4.94. The van der Waals surface area contributed by atoms with E-state index in [1.165, 1.54) is 29.6 Å². The van der Waals surface area contributed by atoms with Gasteiger partial charge in [-0.3, -0.25) is 14.4 Å². The topological polar surface area (TPSA) is 120 Å². The van der Waals surface area contributed by atoms with Gasteiger partial charge >= 0.3 is 0 Å². The van der Waals surface area contributed by atoms with Crippen LogP contribution in [-0.2, 0) is 33.6 Å². The summed E-state index contributed by atoms with van der Waals surface area (Å²) in [6.45, 7) is 0.288. The van der Waals surface area contributed by atoms with Gasteiger partial charge in [-0.25, -0.2) is 4.39 Å². The second kappa shape index (κ2) is 13.0. The first-order chi connectivity index (χ1) is 19.8. The summed E-state index contributed by atoms with van der Waals surface area (Å²) in [5, 5.41) is 19.2. The molecule has 10 heteroatoms. The molecule has 2 aromatic carbocycles. The van der Waals surface area contributed by atoms with Gasteiger partial charge < -0.3 is 30.7 Å². The third-order valence-electron chi connectivity index (χ3n) is 8.32. The number of rotatable bonds is 4. The fourth-order valence-electron chi connectivity index (χ4n) is 5.71. The van der Waals surface area contributed by atoms with Crippen LogP contribution < -0.4 is 20.7 Å². The summed E-state index contributed by atoms with van der Waals surface area (Å²) in [4.78, 5) is 41.6. The first-order valence-electron chi connectivity index (χ1n) is 14.5. The van der Waals surface area contributed by atoms with Gasteiger partial charge in [0, 0.05) is 26.6 Å². The number of nitrogens with one attached hydrogen (secondary N) is 3. The number of likely N-dealkylation sites (N-methyl/N-ethyl adjacent to an activating group) is 1. The van der Waals surface area contributed by atoms with E-state index in [4.69, 9.17) is 4.74 Å². The molecule has 4 atom stereocenters. The van der Waals surface area contributed by atoms with Crippen molar-refractivity contribution in [2.75, 3.05) is 26.7 Å². The summed E-state index contributed by atoms with van der Waals surface area (Å²) in [7, 11) is 1.51. The van der Waals surface area contributed by atoms with Crippen LogP contribution in [0.5, 0.6) is 5.75 Å². The average Bonchev–Trinajstić information content (AvgIpc) is 3.81. The number of benzene rings is 2. The zero-order chi connectivity index (χ0) is 28.9. The number of hydrogen-bond acceptors (Lipinski definition) is 6. The molecule has 1 saturated carbocycles. The first kappa shape index (κ1) is 29.0. The minimum absolute atomic E-state index is 0.0919. The van der Waals surface area contributed by atoms with E-state index < -0.39 is 42.4 Å². The molecule has 3 aliphatic rings. The maximum atomic E-state index is 13.6. The number of fused-ring (bicyclic) bond motifs is 1. The number of nitrogens with zero attached hydrogens (tertiary/aromatic N) is 1. The molecule has 0 aromatic heterocycles. The second-order valence-corrected chi connectivity index (χ2v) is 11.3. The Morgan fingerprint density at radius 3 is 2.44 bits per heavy atom. The van der Waals surface area contributed by atoms with Crippen LogP contribution in [-0.4, -0.2) is 78.7 Å². The second-order valence-electron chi connectivity index (χ2n) is 11.3. The smallest absolute Gasteiger partial charge is 0.245 e. The standard InChI is InChI=1S/C31H39FN4O5/c1-36-26(18-37)30(39)35-25(16-19-7-12-23(32)13-8-19)29(38)33-15-3-6-21-4-2-5-22-11-14-24(41-28(21)22)17-34-27(31(36)40)20-9-10-20/h2,4-5,7-8,12-13,20,24-27,34,37H,3,6,9-11,14-18H2,1H3,(H,33,38)(H,35,39)/t24?,25-,26+,27+/m0/s1. The highest BCUT2D eigenvalue weighted by Crippen LogP contribution is 2.35. The molecule has 4 N–H and O–H groups in total. The highest BCUT2D eigenvalue weighted by atomic mass is 19.1. The predicted octanol–water partition coefficient (Wildman–Crippen LogP) is 1.50. The highest BCUT2D eigenvalue weighted by molar-refractivity contribution is 5.93. The summed E-state index contributed by atoms with van der Waals surface area (Å²) < 4.78 is 19.9. The van der Waals surface area contributed by atoms with E-state index in [9.17, 15) is 23.9 Å². The maximum absolute atomic E-state index is 13.6. The van der Waals surface area contributed by atoms with Crippen molar-refractivity contribution in [3.63, 3.8) is 0 Å². The van der Waals surface area contributed by atoms with Crippen molar-refractivity contribution in [1.82, 2.24) is 20.9 Å². The lowest BCUT2D eigenvalue weighted by atomic mass is 9.96. The molecular weight excluding hydrogens is 527 g/mol. The van der Waals surface area contributed by atoms with Crippen LogP contribution in [0, 0.1) is 11.7 Å². The fraction of sp³-hybridized carbons (Fsp3) is 0.516. The normalized spacial score (nSPS) is 26.3. The molecule has 9 nitrogen and oxygen atoms in total. The number of aryl methyl sites for hydroxylation is 2. The Bertz CT molecular complexity index is 1250. The average molecular weight is 567 g/mol. The van der Waals surface area contributed by atoms with Crippen molar-refractivity contribution in [1.29, 1.82) is 0 Å². The lowest BCUT2D eigenvalue weighted by Gasteiger charge is -2.33. The lowest BCUT2D eigenvalue weighted by Crippen LogP contribution is -2.59. The van der Waals surface area contributed by atoms with Gasteiger partial charge in [-0.2, -0.15) is 0 Å². The summed E-state index contributed by atoms with van der Waals surface area (Å²) in [5.41, 5.74) is 2.92. The monoisotopic (exact) mass is 566 g/mol. The van der Waals surface area contributed by atoms with Gasteiger partial charge in [0.15, 0.2) is 0 Å². The Balaban J connectivity index is 1.40. The van der Waals surface area contributed by atoms with Crippen LogP contribution in [0.15, 0.2) is 42.5 Å². The van der Waals surface area contributed by atoms with Crippen molar-refractivity contribution in [2.24, 2.45) is 5.92 Å². The molecule has 3 amide bonds. The largest absolute Gasteiger partial charge is 0.489 e. The zero-order valence-corrected chi connectivity index (χ0v) is 23.4. The van der Waals surface area contributed by atoms with Crippen LogP contribution >= 0.6 is 0 Å². The van der Waals surface area contributed by atoms with E-state index >= 15 is 0 Å². The van der Waals surface area contributed by atoms with Crippen molar-refractivity contribution in [3.05, 3.63) is 65.0 Å². The Kier molecular flexibility index (Phi) is 9.19. The van der Waals surface area contributed by atoms with E-state index in [2.05, 4.69) is 22.0 Å². The van der Waals surface area contributed by atoms with Gasteiger partial charge in [0.1, 0.15) is 29.8 Å². The Morgan fingerprint density at radius 2 is 1.73 bits per heavy atom. The molecular formula is C31H39FN4O5. The molecule has 0 radical (unpaired) electrons. The molecule has 5 rings (SSSR count). The molecule has 220 valence electrons. The number of aliphatic hydroxyl groups excluding tert-OH is 1. The zero-order valence-electron chi connectivity index (χ0n) is 23.4. The molecule has 1 aliphatic carbocycles. The molecule has 0 saturated heterocycles. The van der Waals surface area contributed by atoms with Crippen molar-refractivity contribution >= 4 is 17.7 Å². The lowest BCUT2D eigenvalue weighted by molar-refractivity contribution is -0.143. The summed E-state index contributed by atoms with van der Waals surface area (Å²) in [5.74, 6) is -0.645. The molecule has 41 heavy (non-hydrogen) atoms. The predicted molar refractivity (Wildman–Crippen MR) is 151 cm³/mol. The summed E-state index contributed by atoms with van der Waals surface area (Å²) >= 11 is 0. The van der Waals surface area contributed by atoms with Gasteiger partial charge in [-0.15, -0.1) is 0 Å². The minimum atomic E-state index is -1.17. The van der Waals surface area contributed by atoms with Gasteiger partial charge in [-0.1, -0.05) is 30.3 Å². The van der Waals surface area contributed by atoms with E-state index in [1.54, 1.807) is 12.1 Å². The molecule has 1 fully saturated rings. The number of amides is 3. The first-order valence-corrected chi connectivity index (χ1v) is 14.5. The number of halogens is 1. The molecule has 2 heterocycles. The molecule has 2 aromatic rings. The fourth-order valence-corrected chi connectivity index (χ4v) is 5.71. The van der Waals surface area contributed by atoms with Crippen LogP contribution in [0.25, 0.3) is 0 Å². The highest BCUT2D eigenvalue weighted by Gasteiger charge is 2.41. The van der Waals surface area contributed by atoms with Crippen molar-refractivity contribution in [2.45, 2.75) is 69.2 Å². The number of carbonyl (C=O) groups is 3. The van der Waals surface area contributed by atoms with Crippen LogP contribution in [0.2, 0.25) is 0 Å². The Morgan fingerprint density at radius 1 is 1.00 bits per heavy atom. The number of para-hydroxylation sites is 1. The van der Waals surface area contributed by atoms with Crippen LogP contribution in [0.3, 0.4) is 0 Å².